The van der Waals surface area contributed by atoms with Gasteiger partial charge >= 0.3 is 6.03 Å². The molecule has 1 heterocycles. The largest absolute Gasteiger partial charge is 0.336 e. The van der Waals surface area contributed by atoms with E-state index >= 15 is 0 Å². The van der Waals surface area contributed by atoms with Crippen LogP contribution in [0.5, 0.6) is 0 Å². The van der Waals surface area contributed by atoms with Crippen molar-refractivity contribution in [1.29, 1.82) is 0 Å². The van der Waals surface area contributed by atoms with E-state index in [2.05, 4.69) is 16.0 Å². The Morgan fingerprint density at radius 1 is 0.971 bits per heavy atom. The Kier molecular flexibility index (Phi) is 8.33. The predicted octanol–water partition coefficient (Wildman–Crippen LogP) is 4.10. The number of anilines is 1. The number of rotatable bonds is 7. The molecule has 0 radical (unpaired) electrons. The number of benzene rings is 2. The van der Waals surface area contributed by atoms with Crippen LogP contribution in [0.2, 0.25) is 0 Å². The molecule has 2 atom stereocenters. The summed E-state index contributed by atoms with van der Waals surface area (Å²) in [5.74, 6) is -0.300. The van der Waals surface area contributed by atoms with Crippen molar-refractivity contribution in [1.82, 2.24) is 14.9 Å². The number of hydrogen-bond acceptors (Lipinski definition) is 4. The summed E-state index contributed by atoms with van der Waals surface area (Å²) >= 11 is 0. The normalized spacial score (nSPS) is 19.0. The third kappa shape index (κ3) is 6.36. The first-order valence-electron chi connectivity index (χ1n) is 11.7. The second-order valence-corrected chi connectivity index (χ2v) is 11.0. The number of hydrogen-bond donors (Lipinski definition) is 3. The van der Waals surface area contributed by atoms with Crippen LogP contribution in [0, 0.1) is 0 Å². The molecule has 1 fully saturated rings. The Hall–Kier alpha value is -2.91. The monoisotopic (exact) mass is 486 g/mol. The van der Waals surface area contributed by atoms with Crippen LogP contribution in [0.3, 0.4) is 0 Å². The van der Waals surface area contributed by atoms with Gasteiger partial charge in [0.05, 0.1) is 4.90 Å². The number of nitrogens with zero attached hydrogens (tertiary/aromatic N) is 1. The van der Waals surface area contributed by atoms with Crippen molar-refractivity contribution < 1.29 is 18.0 Å². The minimum Gasteiger partial charge on any atom is -0.336 e. The van der Waals surface area contributed by atoms with Gasteiger partial charge in [-0.05, 0) is 82.5 Å². The third-order valence-electron chi connectivity index (χ3n) is 5.89. The smallest absolute Gasteiger partial charge is 0.315 e. The summed E-state index contributed by atoms with van der Waals surface area (Å²) in [4.78, 5) is 24.5. The molecule has 1 saturated heterocycles. The van der Waals surface area contributed by atoms with Gasteiger partial charge in [-0.2, -0.15) is 4.31 Å². The molecule has 3 rings (SSSR count). The minimum atomic E-state index is -3.59. The Morgan fingerprint density at radius 2 is 1.56 bits per heavy atom. The number of sulfonamides is 1. The van der Waals surface area contributed by atoms with Crippen LogP contribution in [0.1, 0.15) is 62.9 Å². The van der Waals surface area contributed by atoms with Crippen molar-refractivity contribution in [3.8, 4) is 0 Å². The van der Waals surface area contributed by atoms with Crippen molar-refractivity contribution >= 4 is 27.6 Å². The predicted molar refractivity (Wildman–Crippen MR) is 133 cm³/mol. The Balaban J connectivity index is 1.61. The molecule has 8 nitrogen and oxygen atoms in total. The summed E-state index contributed by atoms with van der Waals surface area (Å²) in [6.45, 7) is 8.02. The average molecular weight is 487 g/mol. The standard InChI is InChI=1S/C25H34N4O4S/c1-17(2)27-25(31)26-16-20-8-10-21(11-9-20)24(30)28-22-12-14-23(15-13-22)34(32,33)29-18(3)6-5-7-19(29)4/h8-15,17-19H,5-7,16H2,1-4H3,(H,28,30)(H2,26,27,31). The van der Waals surface area contributed by atoms with Gasteiger partial charge in [0, 0.05) is 35.9 Å². The Morgan fingerprint density at radius 3 is 2.12 bits per heavy atom. The molecular formula is C25H34N4O4S. The number of nitrogens with one attached hydrogen (secondary N) is 3. The van der Waals surface area contributed by atoms with Crippen LogP contribution in [0.15, 0.2) is 53.4 Å². The average Bonchev–Trinajstić information content (AvgIpc) is 2.77. The highest BCUT2D eigenvalue weighted by molar-refractivity contribution is 7.89. The molecule has 2 aromatic carbocycles. The highest BCUT2D eigenvalue weighted by Crippen LogP contribution is 2.30. The van der Waals surface area contributed by atoms with Gasteiger partial charge in [-0.15, -0.1) is 0 Å². The molecule has 2 unspecified atom stereocenters. The number of piperidine rings is 1. The van der Waals surface area contributed by atoms with Gasteiger partial charge in [-0.25, -0.2) is 13.2 Å². The molecule has 0 bridgehead atoms. The van der Waals surface area contributed by atoms with E-state index in [1.165, 1.54) is 12.1 Å². The van der Waals surface area contributed by atoms with Crippen molar-refractivity contribution in [3.63, 3.8) is 0 Å². The van der Waals surface area contributed by atoms with E-state index in [-0.39, 0.29) is 35.0 Å². The fraction of sp³-hybridized carbons (Fsp3) is 0.440. The van der Waals surface area contributed by atoms with Gasteiger partial charge in [-0.3, -0.25) is 4.79 Å². The number of amides is 3. The van der Waals surface area contributed by atoms with E-state index in [0.29, 0.717) is 17.8 Å². The molecular weight excluding hydrogens is 452 g/mol. The van der Waals surface area contributed by atoms with Gasteiger partial charge in [0.25, 0.3) is 5.91 Å². The SMILES string of the molecule is CC(C)NC(=O)NCc1ccc(C(=O)Nc2ccc(S(=O)(=O)N3C(C)CCCC3C)cc2)cc1. The molecule has 0 saturated carbocycles. The van der Waals surface area contributed by atoms with E-state index in [4.69, 9.17) is 0 Å². The quantitative estimate of drug-likeness (QED) is 0.548. The molecule has 0 aromatic heterocycles. The maximum absolute atomic E-state index is 13.2. The first-order chi connectivity index (χ1) is 16.1. The summed E-state index contributed by atoms with van der Waals surface area (Å²) in [6, 6.07) is 13.0. The zero-order chi connectivity index (χ0) is 24.9. The van der Waals surface area contributed by atoms with E-state index in [9.17, 15) is 18.0 Å². The zero-order valence-electron chi connectivity index (χ0n) is 20.2. The lowest BCUT2D eigenvalue weighted by atomic mass is 10.0. The summed E-state index contributed by atoms with van der Waals surface area (Å²) in [7, 11) is -3.59. The summed E-state index contributed by atoms with van der Waals surface area (Å²) in [5, 5.41) is 8.31. The van der Waals surface area contributed by atoms with Crippen LogP contribution in [-0.4, -0.2) is 42.8 Å². The molecule has 0 aliphatic carbocycles. The highest BCUT2D eigenvalue weighted by Gasteiger charge is 2.35. The Labute approximate surface area is 202 Å². The Bertz CT molecular complexity index is 1090. The summed E-state index contributed by atoms with van der Waals surface area (Å²) < 4.78 is 27.9. The molecule has 0 spiro atoms. The molecule has 3 N–H and O–H groups in total. The summed E-state index contributed by atoms with van der Waals surface area (Å²) in [6.07, 6.45) is 2.75. The third-order valence-corrected chi connectivity index (χ3v) is 8.03. The van der Waals surface area contributed by atoms with Crippen LogP contribution in [0.25, 0.3) is 0 Å². The van der Waals surface area contributed by atoms with Crippen LogP contribution in [-0.2, 0) is 16.6 Å². The van der Waals surface area contributed by atoms with Crippen LogP contribution >= 0.6 is 0 Å². The van der Waals surface area contributed by atoms with E-state index in [1.807, 2.05) is 27.7 Å². The number of carbonyl (C=O) groups is 2. The highest BCUT2D eigenvalue weighted by atomic mass is 32.2. The van der Waals surface area contributed by atoms with Crippen molar-refractivity contribution in [3.05, 3.63) is 59.7 Å². The topological polar surface area (TPSA) is 108 Å². The maximum Gasteiger partial charge on any atom is 0.315 e. The summed E-state index contributed by atoms with van der Waals surface area (Å²) in [5.41, 5.74) is 1.84. The fourth-order valence-corrected chi connectivity index (χ4v) is 6.06. The maximum atomic E-state index is 13.2. The van der Waals surface area contributed by atoms with Gasteiger partial charge in [0.1, 0.15) is 0 Å². The van der Waals surface area contributed by atoms with E-state index in [1.54, 1.807) is 40.7 Å². The van der Waals surface area contributed by atoms with E-state index in [0.717, 1.165) is 24.8 Å². The lowest BCUT2D eigenvalue weighted by Gasteiger charge is -2.37. The van der Waals surface area contributed by atoms with Crippen molar-refractivity contribution in [2.24, 2.45) is 0 Å². The first-order valence-corrected chi connectivity index (χ1v) is 13.1. The lowest BCUT2D eigenvalue weighted by Crippen LogP contribution is -2.47. The van der Waals surface area contributed by atoms with Crippen LogP contribution < -0.4 is 16.0 Å². The van der Waals surface area contributed by atoms with Gasteiger partial charge in [0.2, 0.25) is 10.0 Å². The van der Waals surface area contributed by atoms with Gasteiger partial charge in [0.15, 0.2) is 0 Å². The molecule has 1 aliphatic heterocycles. The van der Waals surface area contributed by atoms with Crippen molar-refractivity contribution in [2.45, 2.75) is 76.5 Å². The number of urea groups is 1. The molecule has 9 heteroatoms. The molecule has 3 amide bonds. The fourth-order valence-electron chi connectivity index (χ4n) is 4.18. The second-order valence-electron chi connectivity index (χ2n) is 9.12. The zero-order valence-corrected chi connectivity index (χ0v) is 21.0. The van der Waals surface area contributed by atoms with E-state index < -0.39 is 10.0 Å². The van der Waals surface area contributed by atoms with Crippen LogP contribution in [0.4, 0.5) is 10.5 Å². The second kappa shape index (κ2) is 11.0. The molecule has 184 valence electrons. The molecule has 1 aliphatic rings. The number of carbonyl (C=O) groups excluding carboxylic acids is 2. The first kappa shape index (κ1) is 25.7. The molecule has 34 heavy (non-hydrogen) atoms. The van der Waals surface area contributed by atoms with Crippen molar-refractivity contribution in [2.75, 3.05) is 5.32 Å². The van der Waals surface area contributed by atoms with Gasteiger partial charge < -0.3 is 16.0 Å². The molecule has 2 aromatic rings. The minimum absolute atomic E-state index is 0.0316. The van der Waals surface area contributed by atoms with Gasteiger partial charge in [-0.1, -0.05) is 18.6 Å². The lowest BCUT2D eigenvalue weighted by molar-refractivity contribution is 0.102.